The molecule has 0 aliphatic carbocycles. The molecular formula is C12H16BrClO. The fourth-order valence-electron chi connectivity index (χ4n) is 1.15. The van der Waals surface area contributed by atoms with E-state index < -0.39 is 0 Å². The average Bonchev–Trinajstić information content (AvgIpc) is 2.25. The zero-order valence-corrected chi connectivity index (χ0v) is 11.4. The summed E-state index contributed by atoms with van der Waals surface area (Å²) in [6.45, 7) is 5.09. The molecule has 0 heterocycles. The smallest absolute Gasteiger partial charge is 0.124 e. The summed E-state index contributed by atoms with van der Waals surface area (Å²) in [7, 11) is 0. The van der Waals surface area contributed by atoms with E-state index in [9.17, 15) is 0 Å². The minimum atomic E-state index is 0.576. The van der Waals surface area contributed by atoms with E-state index in [0.29, 0.717) is 5.92 Å². The Hall–Kier alpha value is -0.210. The minimum absolute atomic E-state index is 0.576. The van der Waals surface area contributed by atoms with Crippen LogP contribution in [0.15, 0.2) is 18.2 Å². The third-order valence-corrected chi connectivity index (χ3v) is 3.34. The van der Waals surface area contributed by atoms with Gasteiger partial charge in [-0.25, -0.2) is 0 Å². The van der Waals surface area contributed by atoms with Gasteiger partial charge in [0.15, 0.2) is 0 Å². The summed E-state index contributed by atoms with van der Waals surface area (Å²) >= 11 is 9.49. The molecule has 15 heavy (non-hydrogen) atoms. The summed E-state index contributed by atoms with van der Waals surface area (Å²) in [6, 6.07) is 5.76. The fourth-order valence-corrected chi connectivity index (χ4v) is 2.13. The van der Waals surface area contributed by atoms with E-state index >= 15 is 0 Å². The van der Waals surface area contributed by atoms with E-state index in [2.05, 4.69) is 29.8 Å². The summed E-state index contributed by atoms with van der Waals surface area (Å²) in [4.78, 5) is 0. The third kappa shape index (κ3) is 3.69. The van der Waals surface area contributed by atoms with Crippen LogP contribution in [0.25, 0.3) is 0 Å². The molecule has 0 N–H and O–H groups in total. The zero-order valence-electron chi connectivity index (χ0n) is 9.09. The van der Waals surface area contributed by atoms with Crippen molar-refractivity contribution in [2.24, 2.45) is 5.92 Å². The molecule has 0 spiro atoms. The molecule has 0 aromatic heterocycles. The van der Waals surface area contributed by atoms with Crippen LogP contribution in [0.4, 0.5) is 0 Å². The van der Waals surface area contributed by atoms with Gasteiger partial charge in [0.1, 0.15) is 5.75 Å². The maximum Gasteiger partial charge on any atom is 0.124 e. The van der Waals surface area contributed by atoms with Crippen molar-refractivity contribution in [3.05, 3.63) is 28.8 Å². The number of halogens is 2. The number of hydrogen-bond donors (Lipinski definition) is 0. The zero-order chi connectivity index (χ0) is 11.3. The highest BCUT2D eigenvalue weighted by atomic mass is 79.9. The molecule has 1 aromatic carbocycles. The Morgan fingerprint density at radius 1 is 1.47 bits per heavy atom. The van der Waals surface area contributed by atoms with Crippen LogP contribution in [0, 0.1) is 5.92 Å². The number of hydrogen-bond acceptors (Lipinski definition) is 1. The monoisotopic (exact) mass is 290 g/mol. The predicted octanol–water partition coefficient (Wildman–Crippen LogP) is 4.66. The number of alkyl halides is 1. The molecule has 0 saturated heterocycles. The highest BCUT2D eigenvalue weighted by Gasteiger charge is 2.07. The Morgan fingerprint density at radius 3 is 2.80 bits per heavy atom. The van der Waals surface area contributed by atoms with E-state index in [-0.39, 0.29) is 0 Å². The van der Waals surface area contributed by atoms with Gasteiger partial charge in [0.05, 0.1) is 6.61 Å². The van der Waals surface area contributed by atoms with Gasteiger partial charge in [-0.15, -0.1) is 0 Å². The molecule has 3 heteroatoms. The standard InChI is InChI=1S/C12H16BrClO/c1-3-9(2)8-15-12-6-4-5-11(14)10(12)7-13/h4-6,9H,3,7-8H2,1-2H3. The van der Waals surface area contributed by atoms with Crippen LogP contribution in [-0.4, -0.2) is 6.61 Å². The lowest BCUT2D eigenvalue weighted by atomic mass is 10.1. The molecule has 0 bridgehead atoms. The van der Waals surface area contributed by atoms with Crippen molar-refractivity contribution in [3.63, 3.8) is 0 Å². The summed E-state index contributed by atoms with van der Waals surface area (Å²) in [5.41, 5.74) is 1.03. The van der Waals surface area contributed by atoms with Gasteiger partial charge in [-0.1, -0.05) is 53.9 Å². The van der Waals surface area contributed by atoms with Crippen LogP contribution >= 0.6 is 27.5 Å². The number of rotatable bonds is 5. The van der Waals surface area contributed by atoms with Crippen LogP contribution in [0.2, 0.25) is 5.02 Å². The molecule has 0 amide bonds. The molecule has 1 atom stereocenters. The van der Waals surface area contributed by atoms with Gasteiger partial charge >= 0.3 is 0 Å². The average molecular weight is 292 g/mol. The first-order chi connectivity index (χ1) is 7.19. The Labute approximate surface area is 105 Å². The summed E-state index contributed by atoms with van der Waals surface area (Å²) in [5.74, 6) is 1.46. The van der Waals surface area contributed by atoms with Gasteiger partial charge in [-0.05, 0) is 18.1 Å². The molecule has 1 nitrogen and oxygen atoms in total. The topological polar surface area (TPSA) is 9.23 Å². The molecule has 1 aromatic rings. The van der Waals surface area contributed by atoms with E-state index in [1.807, 2.05) is 18.2 Å². The Balaban J connectivity index is 2.72. The summed E-state index contributed by atoms with van der Waals surface area (Å²) < 4.78 is 5.75. The first kappa shape index (κ1) is 12.9. The second-order valence-electron chi connectivity index (χ2n) is 3.67. The van der Waals surface area contributed by atoms with Crippen molar-refractivity contribution in [1.29, 1.82) is 0 Å². The number of benzene rings is 1. The number of ether oxygens (including phenoxy) is 1. The third-order valence-electron chi connectivity index (χ3n) is 2.43. The van der Waals surface area contributed by atoms with E-state index in [0.717, 1.165) is 34.7 Å². The predicted molar refractivity (Wildman–Crippen MR) is 69.0 cm³/mol. The molecule has 0 radical (unpaired) electrons. The summed E-state index contributed by atoms with van der Waals surface area (Å²) in [6.07, 6.45) is 1.13. The molecule has 84 valence electrons. The van der Waals surface area contributed by atoms with E-state index in [1.165, 1.54) is 0 Å². The minimum Gasteiger partial charge on any atom is -0.493 e. The largest absolute Gasteiger partial charge is 0.493 e. The molecule has 0 saturated carbocycles. The van der Waals surface area contributed by atoms with Crippen molar-refractivity contribution in [2.45, 2.75) is 25.6 Å². The molecule has 0 aliphatic rings. The van der Waals surface area contributed by atoms with Crippen molar-refractivity contribution in [3.8, 4) is 5.75 Å². The fraction of sp³-hybridized carbons (Fsp3) is 0.500. The molecular weight excluding hydrogens is 275 g/mol. The van der Waals surface area contributed by atoms with Crippen LogP contribution in [0.1, 0.15) is 25.8 Å². The van der Waals surface area contributed by atoms with Gasteiger partial charge in [-0.2, -0.15) is 0 Å². The van der Waals surface area contributed by atoms with Gasteiger partial charge in [0.2, 0.25) is 0 Å². The Bertz CT molecular complexity index is 314. The first-order valence-corrected chi connectivity index (χ1v) is 6.65. The summed E-state index contributed by atoms with van der Waals surface area (Å²) in [5, 5.41) is 1.48. The van der Waals surface area contributed by atoms with E-state index in [1.54, 1.807) is 0 Å². The maximum atomic E-state index is 6.07. The lowest BCUT2D eigenvalue weighted by Gasteiger charge is -2.14. The van der Waals surface area contributed by atoms with Gasteiger partial charge in [0, 0.05) is 15.9 Å². The second-order valence-corrected chi connectivity index (χ2v) is 4.64. The quantitative estimate of drug-likeness (QED) is 0.717. The molecule has 0 aliphatic heterocycles. The lowest BCUT2D eigenvalue weighted by Crippen LogP contribution is -2.08. The van der Waals surface area contributed by atoms with Gasteiger partial charge < -0.3 is 4.74 Å². The Kier molecular flexibility index (Phi) is 5.48. The van der Waals surface area contributed by atoms with Gasteiger partial charge in [0.25, 0.3) is 0 Å². The van der Waals surface area contributed by atoms with Crippen LogP contribution in [-0.2, 0) is 5.33 Å². The Morgan fingerprint density at radius 2 is 2.20 bits per heavy atom. The lowest BCUT2D eigenvalue weighted by molar-refractivity contribution is 0.255. The molecule has 1 rings (SSSR count). The van der Waals surface area contributed by atoms with Crippen molar-refractivity contribution < 1.29 is 4.74 Å². The van der Waals surface area contributed by atoms with Crippen molar-refractivity contribution in [1.82, 2.24) is 0 Å². The van der Waals surface area contributed by atoms with Crippen molar-refractivity contribution >= 4 is 27.5 Å². The van der Waals surface area contributed by atoms with Crippen LogP contribution in [0.5, 0.6) is 5.75 Å². The highest BCUT2D eigenvalue weighted by Crippen LogP contribution is 2.28. The molecule has 0 fully saturated rings. The van der Waals surface area contributed by atoms with Gasteiger partial charge in [-0.3, -0.25) is 0 Å². The maximum absolute atomic E-state index is 6.07. The normalized spacial score (nSPS) is 12.5. The SMILES string of the molecule is CCC(C)COc1cccc(Cl)c1CBr. The van der Waals surface area contributed by atoms with Crippen LogP contribution in [0.3, 0.4) is 0 Å². The highest BCUT2D eigenvalue weighted by molar-refractivity contribution is 9.08. The molecule has 1 unspecified atom stereocenters. The van der Waals surface area contributed by atoms with Crippen LogP contribution < -0.4 is 4.74 Å². The first-order valence-electron chi connectivity index (χ1n) is 5.15. The second kappa shape index (κ2) is 6.39. The van der Waals surface area contributed by atoms with E-state index in [4.69, 9.17) is 16.3 Å². The van der Waals surface area contributed by atoms with Crippen molar-refractivity contribution in [2.75, 3.05) is 6.61 Å².